The minimum atomic E-state index is -0.509. The summed E-state index contributed by atoms with van der Waals surface area (Å²) in [7, 11) is 0. The Kier molecular flexibility index (Phi) is 7.17. The minimum Gasteiger partial charge on any atom is -0.467 e. The average molecular weight is 442 g/mol. The summed E-state index contributed by atoms with van der Waals surface area (Å²) in [5.41, 5.74) is 2.20. The highest BCUT2D eigenvalue weighted by Gasteiger charge is 2.19. The third-order valence-corrected chi connectivity index (χ3v) is 5.51. The van der Waals surface area contributed by atoms with Crippen molar-refractivity contribution in [2.75, 3.05) is 12.3 Å². The van der Waals surface area contributed by atoms with Crippen molar-refractivity contribution in [1.29, 1.82) is 0 Å². The van der Waals surface area contributed by atoms with Crippen LogP contribution in [0.4, 0.5) is 4.79 Å². The Labute approximate surface area is 185 Å². The summed E-state index contributed by atoms with van der Waals surface area (Å²) < 4.78 is 7.42. The van der Waals surface area contributed by atoms with Crippen LogP contribution in [-0.2, 0) is 16.8 Å². The number of carbonyl (C=O) groups excluding carboxylic acids is 2. The molecule has 3 rings (SSSR count). The largest absolute Gasteiger partial charge is 0.467 e. The van der Waals surface area contributed by atoms with Crippen LogP contribution >= 0.6 is 11.8 Å². The van der Waals surface area contributed by atoms with Crippen LogP contribution in [0.15, 0.2) is 52.2 Å². The summed E-state index contributed by atoms with van der Waals surface area (Å²) in [6.45, 7) is 9.16. The number of imide groups is 1. The molecule has 0 fully saturated rings. The zero-order valence-electron chi connectivity index (χ0n) is 18.1. The number of rotatable bonds is 7. The van der Waals surface area contributed by atoms with Gasteiger partial charge in [-0.25, -0.2) is 4.79 Å². The van der Waals surface area contributed by atoms with Gasteiger partial charge in [-0.15, -0.1) is 10.2 Å². The summed E-state index contributed by atoms with van der Waals surface area (Å²) in [6.07, 6.45) is 1.62. The summed E-state index contributed by atoms with van der Waals surface area (Å²) >= 11 is 1.22. The smallest absolute Gasteiger partial charge is 0.321 e. The van der Waals surface area contributed by atoms with Crippen molar-refractivity contribution < 1.29 is 14.0 Å². The lowest BCUT2D eigenvalue weighted by Gasteiger charge is -2.19. The van der Waals surface area contributed by atoms with Gasteiger partial charge in [0.05, 0.1) is 18.6 Å². The van der Waals surface area contributed by atoms with Crippen molar-refractivity contribution in [1.82, 2.24) is 25.4 Å². The van der Waals surface area contributed by atoms with Crippen molar-refractivity contribution in [2.45, 2.75) is 44.8 Å². The summed E-state index contributed by atoms with van der Waals surface area (Å²) in [4.78, 5) is 23.6. The first-order chi connectivity index (χ1) is 14.8. The molecule has 31 heavy (non-hydrogen) atoms. The molecule has 0 aliphatic heterocycles. The zero-order chi connectivity index (χ0) is 22.4. The van der Waals surface area contributed by atoms with E-state index < -0.39 is 11.9 Å². The molecule has 2 heterocycles. The van der Waals surface area contributed by atoms with E-state index in [9.17, 15) is 9.59 Å². The van der Waals surface area contributed by atoms with E-state index >= 15 is 0 Å². The maximum Gasteiger partial charge on any atom is 0.321 e. The Bertz CT molecular complexity index is 1020. The first-order valence-corrected chi connectivity index (χ1v) is 11.0. The molecule has 0 bridgehead atoms. The molecule has 8 nitrogen and oxygen atoms in total. The van der Waals surface area contributed by atoms with E-state index in [2.05, 4.69) is 53.7 Å². The van der Waals surface area contributed by atoms with Crippen LogP contribution in [0.5, 0.6) is 0 Å². The molecule has 164 valence electrons. The van der Waals surface area contributed by atoms with E-state index in [1.807, 2.05) is 28.8 Å². The van der Waals surface area contributed by atoms with Crippen molar-refractivity contribution >= 4 is 23.7 Å². The van der Waals surface area contributed by atoms with Gasteiger partial charge < -0.3 is 9.73 Å². The molecule has 2 N–H and O–H groups in total. The van der Waals surface area contributed by atoms with Crippen LogP contribution in [0.25, 0.3) is 11.4 Å². The molecule has 0 radical (unpaired) electrons. The van der Waals surface area contributed by atoms with Gasteiger partial charge in [0.15, 0.2) is 11.0 Å². The third kappa shape index (κ3) is 5.97. The minimum absolute atomic E-state index is 0.0381. The van der Waals surface area contributed by atoms with Crippen LogP contribution in [0, 0.1) is 0 Å². The normalized spacial score (nSPS) is 11.4. The average Bonchev–Trinajstić information content (AvgIpc) is 3.36. The molecule has 9 heteroatoms. The van der Waals surface area contributed by atoms with E-state index in [1.165, 1.54) is 17.3 Å². The van der Waals surface area contributed by atoms with E-state index in [-0.39, 0.29) is 11.2 Å². The van der Waals surface area contributed by atoms with Crippen LogP contribution in [-0.4, -0.2) is 39.0 Å². The molecule has 3 amide bonds. The van der Waals surface area contributed by atoms with Crippen LogP contribution in [0.2, 0.25) is 0 Å². The second-order valence-electron chi connectivity index (χ2n) is 8.00. The number of thioether (sulfide) groups is 1. The van der Waals surface area contributed by atoms with Gasteiger partial charge in [0.1, 0.15) is 5.76 Å². The molecule has 0 unspecified atom stereocenters. The van der Waals surface area contributed by atoms with Crippen molar-refractivity contribution in [2.24, 2.45) is 0 Å². The number of aromatic nitrogens is 3. The van der Waals surface area contributed by atoms with Gasteiger partial charge >= 0.3 is 6.03 Å². The molecule has 0 aliphatic rings. The number of nitrogens with zero attached hydrogens (tertiary/aromatic N) is 3. The molecule has 3 aromatic rings. The van der Waals surface area contributed by atoms with Gasteiger partial charge in [-0.1, -0.05) is 56.8 Å². The predicted molar refractivity (Wildman–Crippen MR) is 120 cm³/mol. The SMILES string of the molecule is CCNC(=O)NC(=O)CSc1nnc(-c2ccc(C(C)(C)C)cc2)n1Cc1ccco1. The van der Waals surface area contributed by atoms with Gasteiger partial charge in [0.2, 0.25) is 5.91 Å². The molecule has 2 aromatic heterocycles. The molecular weight excluding hydrogens is 414 g/mol. The molecule has 0 spiro atoms. The second kappa shape index (κ2) is 9.82. The van der Waals surface area contributed by atoms with Gasteiger partial charge in [-0.05, 0) is 30.0 Å². The lowest BCUT2D eigenvalue weighted by Crippen LogP contribution is -2.40. The van der Waals surface area contributed by atoms with Crippen molar-refractivity contribution in [3.63, 3.8) is 0 Å². The molecular formula is C22H27N5O3S. The van der Waals surface area contributed by atoms with E-state index in [0.717, 1.165) is 11.3 Å². The Balaban J connectivity index is 1.82. The Morgan fingerprint density at radius 2 is 1.87 bits per heavy atom. The molecule has 0 saturated heterocycles. The first-order valence-electron chi connectivity index (χ1n) is 10.0. The predicted octanol–water partition coefficient (Wildman–Crippen LogP) is 3.82. The zero-order valence-corrected chi connectivity index (χ0v) is 19.0. The highest BCUT2D eigenvalue weighted by Crippen LogP contribution is 2.28. The first kappa shape index (κ1) is 22.6. The second-order valence-corrected chi connectivity index (χ2v) is 8.94. The summed E-state index contributed by atoms with van der Waals surface area (Å²) in [5, 5.41) is 14.0. The van der Waals surface area contributed by atoms with Crippen molar-refractivity contribution in [3.05, 3.63) is 54.0 Å². The standard InChI is InChI=1S/C22H27N5O3S/c1-5-23-20(29)24-18(28)14-31-21-26-25-19(27(21)13-17-7-6-12-30-17)15-8-10-16(11-9-15)22(2,3)4/h6-12H,5,13-14H2,1-4H3,(H2,23,24,28,29). The monoisotopic (exact) mass is 441 g/mol. The molecule has 0 atom stereocenters. The maximum atomic E-state index is 12.1. The highest BCUT2D eigenvalue weighted by atomic mass is 32.2. The number of nitrogens with one attached hydrogen (secondary N) is 2. The van der Waals surface area contributed by atoms with Gasteiger partial charge in [0, 0.05) is 12.1 Å². The van der Waals surface area contributed by atoms with Gasteiger partial charge in [0.25, 0.3) is 0 Å². The van der Waals surface area contributed by atoms with Crippen molar-refractivity contribution in [3.8, 4) is 11.4 Å². The molecule has 0 aliphatic carbocycles. The van der Waals surface area contributed by atoms with Gasteiger partial charge in [-0.3, -0.25) is 14.7 Å². The quantitative estimate of drug-likeness (QED) is 0.541. The summed E-state index contributed by atoms with van der Waals surface area (Å²) in [5.74, 6) is 1.07. The Morgan fingerprint density at radius 3 is 2.48 bits per heavy atom. The van der Waals surface area contributed by atoms with E-state index in [1.54, 1.807) is 13.2 Å². The summed E-state index contributed by atoms with van der Waals surface area (Å²) in [6, 6.07) is 11.4. The number of hydrogen-bond donors (Lipinski definition) is 2. The van der Waals surface area contributed by atoms with E-state index in [0.29, 0.717) is 24.1 Å². The fourth-order valence-corrected chi connectivity index (χ4v) is 3.66. The maximum absolute atomic E-state index is 12.1. The number of urea groups is 1. The fourth-order valence-electron chi connectivity index (χ4n) is 2.93. The Morgan fingerprint density at radius 1 is 1.13 bits per heavy atom. The fraction of sp³-hybridized carbons (Fsp3) is 0.364. The number of hydrogen-bond acceptors (Lipinski definition) is 6. The van der Waals surface area contributed by atoms with Crippen LogP contribution in [0.1, 0.15) is 39.0 Å². The number of carbonyl (C=O) groups is 2. The lowest BCUT2D eigenvalue weighted by molar-refractivity contribution is -0.117. The molecule has 1 aromatic carbocycles. The number of benzene rings is 1. The lowest BCUT2D eigenvalue weighted by atomic mass is 9.87. The van der Waals surface area contributed by atoms with Crippen LogP contribution in [0.3, 0.4) is 0 Å². The number of furan rings is 1. The van der Waals surface area contributed by atoms with Crippen LogP contribution < -0.4 is 10.6 Å². The number of amides is 3. The van der Waals surface area contributed by atoms with E-state index in [4.69, 9.17) is 4.42 Å². The van der Waals surface area contributed by atoms with Gasteiger partial charge in [-0.2, -0.15) is 0 Å². The topological polar surface area (TPSA) is 102 Å². The highest BCUT2D eigenvalue weighted by molar-refractivity contribution is 7.99. The third-order valence-electron chi connectivity index (χ3n) is 4.54. The Hall–Kier alpha value is -3.07. The molecule has 0 saturated carbocycles.